The second-order valence-electron chi connectivity index (χ2n) is 5.14. The van der Waals surface area contributed by atoms with Crippen molar-refractivity contribution in [3.05, 3.63) is 34.9 Å². The lowest BCUT2D eigenvalue weighted by atomic mass is 10.2. The first-order valence-electron chi connectivity index (χ1n) is 7.43. The van der Waals surface area contributed by atoms with Crippen LogP contribution in [0.2, 0.25) is 5.02 Å². The predicted molar refractivity (Wildman–Crippen MR) is 88.7 cm³/mol. The molecule has 6 heteroatoms. The molecule has 0 atom stereocenters. The molecule has 1 rings (SSSR count). The number of amides is 2. The highest BCUT2D eigenvalue weighted by Gasteiger charge is 2.14. The molecular weight excluding hydrogens is 302 g/mol. The van der Waals surface area contributed by atoms with Crippen molar-refractivity contribution in [3.8, 4) is 0 Å². The molecule has 0 aliphatic heterocycles. The molecule has 0 fully saturated rings. The number of carbonyl (C=O) groups is 2. The summed E-state index contributed by atoms with van der Waals surface area (Å²) in [6.07, 6.45) is 0. The molecule has 5 nitrogen and oxygen atoms in total. The van der Waals surface area contributed by atoms with Gasteiger partial charge in [-0.1, -0.05) is 23.7 Å². The molecule has 0 aliphatic rings. The summed E-state index contributed by atoms with van der Waals surface area (Å²) in [5.41, 5.74) is 0.986. The van der Waals surface area contributed by atoms with Crippen LogP contribution < -0.4 is 5.32 Å². The van der Waals surface area contributed by atoms with Crippen molar-refractivity contribution in [1.29, 1.82) is 0 Å². The average Bonchev–Trinajstić information content (AvgIpc) is 2.47. The molecule has 22 heavy (non-hydrogen) atoms. The van der Waals surface area contributed by atoms with Crippen molar-refractivity contribution in [2.24, 2.45) is 0 Å². The maximum absolute atomic E-state index is 11.9. The van der Waals surface area contributed by atoms with E-state index in [0.29, 0.717) is 24.7 Å². The van der Waals surface area contributed by atoms with Gasteiger partial charge in [0.15, 0.2) is 0 Å². The topological polar surface area (TPSA) is 52.7 Å². The number of rotatable bonds is 8. The molecule has 1 N–H and O–H groups in total. The number of nitrogens with zero attached hydrogens (tertiary/aromatic N) is 2. The Bertz CT molecular complexity index is 487. The lowest BCUT2D eigenvalue weighted by molar-refractivity contribution is -0.132. The van der Waals surface area contributed by atoms with Crippen LogP contribution in [-0.2, 0) is 16.1 Å². The number of carbonyl (C=O) groups excluding carboxylic acids is 2. The predicted octanol–water partition coefficient (Wildman–Crippen LogP) is 1.76. The van der Waals surface area contributed by atoms with Gasteiger partial charge in [-0.15, -0.1) is 0 Å². The first-order valence-corrected chi connectivity index (χ1v) is 7.81. The monoisotopic (exact) mass is 325 g/mol. The maximum Gasteiger partial charge on any atom is 0.236 e. The Balaban J connectivity index is 2.34. The summed E-state index contributed by atoms with van der Waals surface area (Å²) in [5.74, 6) is -0.0669. The lowest BCUT2D eigenvalue weighted by Gasteiger charge is -2.22. The average molecular weight is 326 g/mol. The Kier molecular flexibility index (Phi) is 7.91. The normalized spacial score (nSPS) is 10.6. The Labute approximate surface area is 137 Å². The molecule has 0 unspecified atom stereocenters. The van der Waals surface area contributed by atoms with Gasteiger partial charge in [-0.2, -0.15) is 0 Å². The molecule has 0 heterocycles. The minimum absolute atomic E-state index is 0.0398. The van der Waals surface area contributed by atoms with Gasteiger partial charge in [-0.05, 0) is 38.6 Å². The summed E-state index contributed by atoms with van der Waals surface area (Å²) in [7, 11) is 1.77. The highest BCUT2D eigenvalue weighted by Crippen LogP contribution is 2.09. The van der Waals surface area contributed by atoms with Crippen LogP contribution in [0.3, 0.4) is 0 Å². The van der Waals surface area contributed by atoms with Crippen molar-refractivity contribution in [1.82, 2.24) is 15.1 Å². The molecule has 1 aromatic carbocycles. The molecule has 1 aromatic rings. The van der Waals surface area contributed by atoms with Gasteiger partial charge in [0, 0.05) is 24.7 Å². The fourth-order valence-electron chi connectivity index (χ4n) is 2.07. The molecule has 122 valence electrons. The fourth-order valence-corrected chi connectivity index (χ4v) is 2.19. The summed E-state index contributed by atoms with van der Waals surface area (Å²) in [4.78, 5) is 27.3. The van der Waals surface area contributed by atoms with E-state index >= 15 is 0 Å². The molecule has 2 amide bonds. The second kappa shape index (κ2) is 9.43. The number of likely N-dealkylation sites (N-methyl/N-ethyl adjacent to an activating group) is 2. The smallest absolute Gasteiger partial charge is 0.236 e. The number of hydrogen-bond donors (Lipinski definition) is 1. The van der Waals surface area contributed by atoms with Crippen LogP contribution in [0.15, 0.2) is 24.3 Å². The lowest BCUT2D eigenvalue weighted by Crippen LogP contribution is -2.42. The van der Waals surface area contributed by atoms with Crippen molar-refractivity contribution in [3.63, 3.8) is 0 Å². The van der Waals surface area contributed by atoms with Gasteiger partial charge >= 0.3 is 0 Å². The standard InChI is InChI=1S/C16H24ClN3O2/c1-4-20(5-2)16(22)12-19(3)11-15(21)18-10-13-6-8-14(17)9-7-13/h6-9H,4-5,10-12H2,1-3H3,(H,18,21). The SMILES string of the molecule is CCN(CC)C(=O)CN(C)CC(=O)NCc1ccc(Cl)cc1. The Hall–Kier alpha value is -1.59. The van der Waals surface area contributed by atoms with Gasteiger partial charge in [0.1, 0.15) is 0 Å². The van der Waals surface area contributed by atoms with Crippen LogP contribution in [0.1, 0.15) is 19.4 Å². The van der Waals surface area contributed by atoms with Crippen molar-refractivity contribution in [2.45, 2.75) is 20.4 Å². The molecular formula is C16H24ClN3O2. The van der Waals surface area contributed by atoms with Crippen LogP contribution in [0.4, 0.5) is 0 Å². The summed E-state index contributed by atoms with van der Waals surface area (Å²) >= 11 is 5.81. The Morgan fingerprint density at radius 2 is 1.68 bits per heavy atom. The zero-order valence-corrected chi connectivity index (χ0v) is 14.2. The van der Waals surface area contributed by atoms with Gasteiger partial charge in [-0.3, -0.25) is 14.5 Å². The highest BCUT2D eigenvalue weighted by atomic mass is 35.5. The number of halogens is 1. The number of nitrogens with one attached hydrogen (secondary N) is 1. The third-order valence-corrected chi connectivity index (χ3v) is 3.59. The summed E-state index contributed by atoms with van der Waals surface area (Å²) in [6, 6.07) is 7.32. The van der Waals surface area contributed by atoms with Gasteiger partial charge in [0.2, 0.25) is 11.8 Å². The van der Waals surface area contributed by atoms with E-state index in [-0.39, 0.29) is 24.9 Å². The van der Waals surface area contributed by atoms with E-state index in [1.165, 1.54) is 0 Å². The molecule has 0 saturated carbocycles. The quantitative estimate of drug-likeness (QED) is 0.792. The Morgan fingerprint density at radius 1 is 1.09 bits per heavy atom. The van der Waals surface area contributed by atoms with Gasteiger partial charge in [0.05, 0.1) is 13.1 Å². The van der Waals surface area contributed by atoms with E-state index in [0.717, 1.165) is 5.56 Å². The van der Waals surface area contributed by atoms with E-state index in [2.05, 4.69) is 5.32 Å². The van der Waals surface area contributed by atoms with Crippen molar-refractivity contribution >= 4 is 23.4 Å². The molecule has 0 spiro atoms. The molecule has 0 aromatic heterocycles. The van der Waals surface area contributed by atoms with E-state index < -0.39 is 0 Å². The third kappa shape index (κ3) is 6.45. The van der Waals surface area contributed by atoms with Crippen LogP contribution in [0, 0.1) is 0 Å². The van der Waals surface area contributed by atoms with Crippen molar-refractivity contribution in [2.75, 3.05) is 33.2 Å². The second-order valence-corrected chi connectivity index (χ2v) is 5.58. The third-order valence-electron chi connectivity index (χ3n) is 3.34. The number of hydrogen-bond acceptors (Lipinski definition) is 3. The molecule has 0 aliphatic carbocycles. The zero-order valence-electron chi connectivity index (χ0n) is 13.4. The summed E-state index contributed by atoms with van der Waals surface area (Å²) < 4.78 is 0. The zero-order chi connectivity index (χ0) is 16.5. The molecule has 0 radical (unpaired) electrons. The number of benzene rings is 1. The summed E-state index contributed by atoms with van der Waals surface area (Å²) in [5, 5.41) is 3.50. The van der Waals surface area contributed by atoms with Crippen LogP contribution >= 0.6 is 11.6 Å². The van der Waals surface area contributed by atoms with Gasteiger partial charge in [0.25, 0.3) is 0 Å². The fraction of sp³-hybridized carbons (Fsp3) is 0.500. The highest BCUT2D eigenvalue weighted by molar-refractivity contribution is 6.30. The van der Waals surface area contributed by atoms with E-state index in [1.807, 2.05) is 26.0 Å². The van der Waals surface area contributed by atoms with E-state index in [4.69, 9.17) is 11.6 Å². The molecule has 0 bridgehead atoms. The van der Waals surface area contributed by atoms with Gasteiger partial charge in [-0.25, -0.2) is 0 Å². The maximum atomic E-state index is 11.9. The minimum atomic E-state index is -0.107. The molecule has 0 saturated heterocycles. The van der Waals surface area contributed by atoms with Gasteiger partial charge < -0.3 is 10.2 Å². The van der Waals surface area contributed by atoms with Crippen molar-refractivity contribution < 1.29 is 9.59 Å². The summed E-state index contributed by atoms with van der Waals surface area (Å²) in [6.45, 7) is 6.16. The van der Waals surface area contributed by atoms with Crippen LogP contribution in [0.25, 0.3) is 0 Å². The minimum Gasteiger partial charge on any atom is -0.351 e. The van der Waals surface area contributed by atoms with E-state index in [9.17, 15) is 9.59 Å². The Morgan fingerprint density at radius 3 is 2.23 bits per heavy atom. The largest absolute Gasteiger partial charge is 0.351 e. The van der Waals surface area contributed by atoms with Crippen LogP contribution in [0.5, 0.6) is 0 Å². The first kappa shape index (κ1) is 18.5. The van der Waals surface area contributed by atoms with Crippen LogP contribution in [-0.4, -0.2) is 54.8 Å². The first-order chi connectivity index (χ1) is 10.5. The van der Waals surface area contributed by atoms with E-state index in [1.54, 1.807) is 29.0 Å².